The molecule has 0 aliphatic carbocycles. The van der Waals surface area contributed by atoms with Gasteiger partial charge in [-0.1, -0.05) is 0 Å². The first kappa shape index (κ1) is 13.6. The zero-order valence-corrected chi connectivity index (χ0v) is 10.4. The number of carbonyl (C=O) groups excluding carboxylic acids is 1. The van der Waals surface area contributed by atoms with Gasteiger partial charge in [-0.25, -0.2) is 4.98 Å². The maximum absolute atomic E-state index is 12.6. The standard InChI is InChI=1S/C12H14F3N3O/c1-9(19)17-4-6-18(7-5-17)11-8-10(2-3-16-11)12(13,14)15/h2-3,8H,4-7H2,1H3. The van der Waals surface area contributed by atoms with Gasteiger partial charge in [-0.2, -0.15) is 13.2 Å². The molecule has 1 aliphatic rings. The Morgan fingerprint density at radius 1 is 1.26 bits per heavy atom. The van der Waals surface area contributed by atoms with Crippen LogP contribution in [0, 0.1) is 0 Å². The number of hydrogen-bond acceptors (Lipinski definition) is 3. The molecule has 0 saturated carbocycles. The van der Waals surface area contributed by atoms with E-state index >= 15 is 0 Å². The topological polar surface area (TPSA) is 36.4 Å². The number of rotatable bonds is 1. The molecule has 0 spiro atoms. The van der Waals surface area contributed by atoms with Crippen molar-refractivity contribution in [1.82, 2.24) is 9.88 Å². The Labute approximate surface area is 108 Å². The van der Waals surface area contributed by atoms with Gasteiger partial charge in [-0.15, -0.1) is 0 Å². The van der Waals surface area contributed by atoms with Crippen LogP contribution in [0.3, 0.4) is 0 Å². The monoisotopic (exact) mass is 273 g/mol. The summed E-state index contributed by atoms with van der Waals surface area (Å²) in [5.74, 6) is 0.287. The highest BCUT2D eigenvalue weighted by atomic mass is 19.4. The number of nitrogens with zero attached hydrogens (tertiary/aromatic N) is 3. The van der Waals surface area contributed by atoms with Gasteiger partial charge in [0, 0.05) is 39.3 Å². The van der Waals surface area contributed by atoms with Gasteiger partial charge in [-0.3, -0.25) is 4.79 Å². The first-order chi connectivity index (χ1) is 8.88. The fourth-order valence-corrected chi connectivity index (χ4v) is 2.02. The molecular formula is C12H14F3N3O. The van der Waals surface area contributed by atoms with Crippen LogP contribution >= 0.6 is 0 Å². The van der Waals surface area contributed by atoms with Crippen LogP contribution in [0.5, 0.6) is 0 Å². The molecule has 1 aromatic rings. The van der Waals surface area contributed by atoms with Crippen LogP contribution < -0.4 is 4.90 Å². The van der Waals surface area contributed by atoms with Crippen molar-refractivity contribution in [2.45, 2.75) is 13.1 Å². The molecule has 1 saturated heterocycles. The predicted molar refractivity (Wildman–Crippen MR) is 63.7 cm³/mol. The average Bonchev–Trinajstić information content (AvgIpc) is 2.38. The van der Waals surface area contributed by atoms with Crippen LogP contribution in [0.1, 0.15) is 12.5 Å². The lowest BCUT2D eigenvalue weighted by Crippen LogP contribution is -2.48. The van der Waals surface area contributed by atoms with E-state index < -0.39 is 11.7 Å². The normalized spacial score (nSPS) is 16.6. The molecule has 2 heterocycles. The van der Waals surface area contributed by atoms with Crippen molar-refractivity contribution in [3.8, 4) is 0 Å². The third kappa shape index (κ3) is 3.15. The van der Waals surface area contributed by atoms with Crippen molar-refractivity contribution in [2.75, 3.05) is 31.1 Å². The van der Waals surface area contributed by atoms with E-state index in [1.54, 1.807) is 9.80 Å². The molecule has 0 atom stereocenters. The molecule has 1 amide bonds. The summed E-state index contributed by atoms with van der Waals surface area (Å²) in [6.45, 7) is 3.49. The Hall–Kier alpha value is -1.79. The molecule has 4 nitrogen and oxygen atoms in total. The maximum Gasteiger partial charge on any atom is 0.416 e. The van der Waals surface area contributed by atoms with Crippen LogP contribution in [0.15, 0.2) is 18.3 Å². The first-order valence-corrected chi connectivity index (χ1v) is 5.91. The molecule has 0 N–H and O–H groups in total. The average molecular weight is 273 g/mol. The Morgan fingerprint density at radius 2 is 1.89 bits per heavy atom. The summed E-state index contributed by atoms with van der Waals surface area (Å²) in [5, 5.41) is 0. The fraction of sp³-hybridized carbons (Fsp3) is 0.500. The molecule has 1 aromatic heterocycles. The number of halogens is 3. The molecule has 0 unspecified atom stereocenters. The molecular weight excluding hydrogens is 259 g/mol. The number of carbonyl (C=O) groups is 1. The van der Waals surface area contributed by atoms with E-state index in [1.807, 2.05) is 0 Å². The Morgan fingerprint density at radius 3 is 2.42 bits per heavy atom. The fourth-order valence-electron chi connectivity index (χ4n) is 2.02. The summed E-state index contributed by atoms with van der Waals surface area (Å²) < 4.78 is 37.8. The van der Waals surface area contributed by atoms with Gasteiger partial charge in [-0.05, 0) is 12.1 Å². The Kier molecular flexibility index (Phi) is 3.64. The number of aromatic nitrogens is 1. The van der Waals surface area contributed by atoms with Gasteiger partial charge in [0.1, 0.15) is 5.82 Å². The van der Waals surface area contributed by atoms with Crippen LogP contribution in [0.4, 0.5) is 19.0 Å². The molecule has 0 aromatic carbocycles. The van der Waals surface area contributed by atoms with Crippen molar-refractivity contribution in [2.24, 2.45) is 0 Å². The minimum atomic E-state index is -4.36. The number of amides is 1. The van der Waals surface area contributed by atoms with E-state index in [1.165, 1.54) is 6.92 Å². The molecule has 7 heteroatoms. The molecule has 19 heavy (non-hydrogen) atoms. The smallest absolute Gasteiger partial charge is 0.353 e. The van der Waals surface area contributed by atoms with Crippen molar-refractivity contribution in [3.63, 3.8) is 0 Å². The molecule has 2 rings (SSSR count). The van der Waals surface area contributed by atoms with Gasteiger partial charge in [0.05, 0.1) is 5.56 Å². The molecule has 1 fully saturated rings. The molecule has 1 aliphatic heterocycles. The van der Waals surface area contributed by atoms with E-state index in [2.05, 4.69) is 4.98 Å². The summed E-state index contributed by atoms with van der Waals surface area (Å²) in [4.78, 5) is 18.6. The summed E-state index contributed by atoms with van der Waals surface area (Å²) in [6.07, 6.45) is -3.20. The second kappa shape index (κ2) is 5.07. The molecule has 0 radical (unpaired) electrons. The second-order valence-corrected chi connectivity index (χ2v) is 4.39. The molecule has 104 valence electrons. The minimum Gasteiger partial charge on any atom is -0.353 e. The number of piperazine rings is 1. The zero-order chi connectivity index (χ0) is 14.0. The second-order valence-electron chi connectivity index (χ2n) is 4.39. The van der Waals surface area contributed by atoms with E-state index in [0.717, 1.165) is 18.3 Å². The third-order valence-electron chi connectivity index (χ3n) is 3.12. The Balaban J connectivity index is 2.10. The number of pyridine rings is 1. The minimum absolute atomic E-state index is 0.0170. The highest BCUT2D eigenvalue weighted by molar-refractivity contribution is 5.73. The lowest BCUT2D eigenvalue weighted by Gasteiger charge is -2.35. The van der Waals surface area contributed by atoms with Crippen LogP contribution in [-0.2, 0) is 11.0 Å². The zero-order valence-electron chi connectivity index (χ0n) is 10.4. The van der Waals surface area contributed by atoms with Gasteiger partial charge < -0.3 is 9.80 Å². The lowest BCUT2D eigenvalue weighted by molar-refractivity contribution is -0.137. The number of hydrogen-bond donors (Lipinski definition) is 0. The van der Waals surface area contributed by atoms with Crippen molar-refractivity contribution in [3.05, 3.63) is 23.9 Å². The summed E-state index contributed by atoms with van der Waals surface area (Å²) in [5.41, 5.74) is -0.702. The summed E-state index contributed by atoms with van der Waals surface area (Å²) >= 11 is 0. The van der Waals surface area contributed by atoms with Gasteiger partial charge in [0.15, 0.2) is 0 Å². The number of alkyl halides is 3. The van der Waals surface area contributed by atoms with Crippen LogP contribution in [0.25, 0.3) is 0 Å². The van der Waals surface area contributed by atoms with E-state index in [4.69, 9.17) is 0 Å². The van der Waals surface area contributed by atoms with Crippen molar-refractivity contribution >= 4 is 11.7 Å². The maximum atomic E-state index is 12.6. The van der Waals surface area contributed by atoms with Gasteiger partial charge in [0.2, 0.25) is 5.91 Å². The summed E-state index contributed by atoms with van der Waals surface area (Å²) in [7, 11) is 0. The summed E-state index contributed by atoms with van der Waals surface area (Å²) in [6, 6.07) is 2.00. The highest BCUT2D eigenvalue weighted by Crippen LogP contribution is 2.30. The highest BCUT2D eigenvalue weighted by Gasteiger charge is 2.31. The van der Waals surface area contributed by atoms with Gasteiger partial charge >= 0.3 is 6.18 Å². The van der Waals surface area contributed by atoms with E-state index in [9.17, 15) is 18.0 Å². The van der Waals surface area contributed by atoms with Crippen molar-refractivity contribution in [1.29, 1.82) is 0 Å². The first-order valence-electron chi connectivity index (χ1n) is 5.91. The largest absolute Gasteiger partial charge is 0.416 e. The van der Waals surface area contributed by atoms with E-state index in [-0.39, 0.29) is 5.91 Å². The van der Waals surface area contributed by atoms with Crippen molar-refractivity contribution < 1.29 is 18.0 Å². The van der Waals surface area contributed by atoms with E-state index in [0.29, 0.717) is 32.0 Å². The third-order valence-corrected chi connectivity index (χ3v) is 3.12. The van der Waals surface area contributed by atoms with Gasteiger partial charge in [0.25, 0.3) is 0 Å². The predicted octanol–water partition coefficient (Wildman–Crippen LogP) is 1.77. The quantitative estimate of drug-likeness (QED) is 0.782. The molecule has 0 bridgehead atoms. The number of anilines is 1. The lowest BCUT2D eigenvalue weighted by atomic mass is 10.2. The van der Waals surface area contributed by atoms with Crippen LogP contribution in [0.2, 0.25) is 0 Å². The SMILES string of the molecule is CC(=O)N1CCN(c2cc(C(F)(F)F)ccn2)CC1. The Bertz CT molecular complexity index is 468. The van der Waals surface area contributed by atoms with Crippen LogP contribution in [-0.4, -0.2) is 42.0 Å².